The molecule has 0 aliphatic carbocycles. The van der Waals surface area contributed by atoms with Crippen LogP contribution in [0, 0.1) is 0 Å². The minimum atomic E-state index is -4.83. The van der Waals surface area contributed by atoms with Crippen molar-refractivity contribution in [3.63, 3.8) is 0 Å². The zero-order valence-corrected chi connectivity index (χ0v) is 14.9. The summed E-state index contributed by atoms with van der Waals surface area (Å²) in [5.74, 6) is -0.385. The van der Waals surface area contributed by atoms with E-state index in [0.717, 1.165) is 0 Å². The van der Waals surface area contributed by atoms with Crippen LogP contribution in [-0.4, -0.2) is 25.6 Å². The fourth-order valence-corrected chi connectivity index (χ4v) is 2.62. The maximum atomic E-state index is 12.7. The van der Waals surface area contributed by atoms with Gasteiger partial charge in [-0.2, -0.15) is 0 Å². The molecule has 1 fully saturated rings. The van der Waals surface area contributed by atoms with Crippen LogP contribution in [0.2, 0.25) is 10.0 Å². The van der Waals surface area contributed by atoms with Crippen LogP contribution >= 0.6 is 35.6 Å². The normalized spacial score (nSPS) is 14.4. The highest BCUT2D eigenvalue weighted by atomic mass is 35.5. The molecular weight excluding hydrogens is 402 g/mol. The number of rotatable bonds is 4. The van der Waals surface area contributed by atoms with Crippen LogP contribution in [0.4, 0.5) is 13.2 Å². The highest BCUT2D eigenvalue weighted by Gasteiger charge is 2.33. The van der Waals surface area contributed by atoms with Gasteiger partial charge in [0, 0.05) is 28.7 Å². The van der Waals surface area contributed by atoms with E-state index in [1.54, 1.807) is 24.3 Å². The Labute approximate surface area is 158 Å². The zero-order chi connectivity index (χ0) is 17.3. The lowest BCUT2D eigenvalue weighted by Gasteiger charge is -2.28. The quantitative estimate of drug-likeness (QED) is 0.733. The van der Waals surface area contributed by atoms with Crippen molar-refractivity contribution in [3.8, 4) is 22.6 Å². The van der Waals surface area contributed by atoms with Crippen molar-refractivity contribution in [2.75, 3.05) is 13.1 Å². The minimum absolute atomic E-state index is 0. The highest BCUT2D eigenvalue weighted by molar-refractivity contribution is 6.35. The summed E-state index contributed by atoms with van der Waals surface area (Å²) >= 11 is 12.0. The van der Waals surface area contributed by atoms with Crippen LogP contribution < -0.4 is 14.8 Å². The van der Waals surface area contributed by atoms with Gasteiger partial charge in [0.15, 0.2) is 11.5 Å². The van der Waals surface area contributed by atoms with Crippen LogP contribution in [0.3, 0.4) is 0 Å². The lowest BCUT2D eigenvalue weighted by atomic mass is 10.0. The molecule has 0 bridgehead atoms. The van der Waals surface area contributed by atoms with Crippen LogP contribution in [0.25, 0.3) is 11.1 Å². The molecule has 1 aliphatic rings. The van der Waals surface area contributed by atoms with Gasteiger partial charge in [0.2, 0.25) is 0 Å². The summed E-state index contributed by atoms with van der Waals surface area (Å²) in [6, 6.07) is 9.04. The first-order valence-electron chi connectivity index (χ1n) is 7.04. The van der Waals surface area contributed by atoms with Crippen molar-refractivity contribution in [3.05, 3.63) is 46.4 Å². The molecule has 0 atom stereocenters. The lowest BCUT2D eigenvalue weighted by Crippen LogP contribution is -2.50. The second-order valence-electron chi connectivity index (χ2n) is 5.23. The van der Waals surface area contributed by atoms with Gasteiger partial charge in [-0.05, 0) is 35.9 Å². The maximum Gasteiger partial charge on any atom is 0.573 e. The summed E-state index contributed by atoms with van der Waals surface area (Å²) in [4.78, 5) is 0. The average molecular weight is 415 g/mol. The fourth-order valence-electron chi connectivity index (χ4n) is 2.22. The van der Waals surface area contributed by atoms with Gasteiger partial charge in [-0.1, -0.05) is 29.3 Å². The van der Waals surface area contributed by atoms with Gasteiger partial charge in [-0.3, -0.25) is 0 Å². The van der Waals surface area contributed by atoms with Gasteiger partial charge in [0.05, 0.1) is 0 Å². The van der Waals surface area contributed by atoms with Gasteiger partial charge in [-0.25, -0.2) is 0 Å². The number of benzene rings is 2. The van der Waals surface area contributed by atoms with E-state index in [1.807, 2.05) is 0 Å². The molecule has 1 aliphatic heterocycles. The Morgan fingerprint density at radius 2 is 1.72 bits per heavy atom. The Hall–Kier alpha value is -1.34. The first-order chi connectivity index (χ1) is 11.3. The summed E-state index contributed by atoms with van der Waals surface area (Å²) in [5, 5.41) is 3.77. The molecule has 1 saturated heterocycles. The maximum absolute atomic E-state index is 12.7. The van der Waals surface area contributed by atoms with Crippen molar-refractivity contribution in [2.24, 2.45) is 0 Å². The zero-order valence-electron chi connectivity index (χ0n) is 12.6. The molecule has 3 nitrogen and oxygen atoms in total. The van der Waals surface area contributed by atoms with Crippen molar-refractivity contribution < 1.29 is 22.6 Å². The van der Waals surface area contributed by atoms with Crippen molar-refractivity contribution >= 4 is 35.6 Å². The van der Waals surface area contributed by atoms with Gasteiger partial charge < -0.3 is 14.8 Å². The molecule has 2 aromatic carbocycles. The summed E-state index contributed by atoms with van der Waals surface area (Å²) in [6.45, 7) is 1.15. The van der Waals surface area contributed by atoms with Crippen LogP contribution in [0.15, 0.2) is 36.4 Å². The first-order valence-corrected chi connectivity index (χ1v) is 7.80. The third-order valence-electron chi connectivity index (χ3n) is 3.45. The van der Waals surface area contributed by atoms with E-state index < -0.39 is 12.1 Å². The van der Waals surface area contributed by atoms with E-state index in [9.17, 15) is 13.2 Å². The van der Waals surface area contributed by atoms with Gasteiger partial charge in [-0.15, -0.1) is 25.6 Å². The predicted molar refractivity (Wildman–Crippen MR) is 93.1 cm³/mol. The average Bonchev–Trinajstić information content (AvgIpc) is 2.45. The SMILES string of the molecule is Cl.FC(F)(F)Oc1cc(-c2cc(Cl)ccc2Cl)ccc1OC1CNC1. The largest absolute Gasteiger partial charge is 0.573 e. The Balaban J connectivity index is 0.00000225. The minimum Gasteiger partial charge on any atom is -0.484 e. The molecule has 9 heteroatoms. The molecule has 1 N–H and O–H groups in total. The Morgan fingerprint density at radius 3 is 2.32 bits per heavy atom. The van der Waals surface area contributed by atoms with E-state index in [-0.39, 0.29) is 24.3 Å². The third kappa shape index (κ3) is 5.07. The molecule has 0 spiro atoms. The summed E-state index contributed by atoms with van der Waals surface area (Å²) < 4.78 is 47.7. The van der Waals surface area contributed by atoms with Gasteiger partial charge in [0.1, 0.15) is 6.10 Å². The number of ether oxygens (including phenoxy) is 2. The smallest absolute Gasteiger partial charge is 0.484 e. The molecule has 25 heavy (non-hydrogen) atoms. The number of hydrogen-bond donors (Lipinski definition) is 1. The Kier molecular flexibility index (Phi) is 6.32. The van der Waals surface area contributed by atoms with Crippen molar-refractivity contribution in [1.82, 2.24) is 5.32 Å². The number of nitrogens with one attached hydrogen (secondary N) is 1. The number of hydrogen-bond acceptors (Lipinski definition) is 3. The van der Waals surface area contributed by atoms with Crippen LogP contribution in [0.5, 0.6) is 11.5 Å². The molecule has 2 aromatic rings. The van der Waals surface area contributed by atoms with E-state index >= 15 is 0 Å². The second-order valence-corrected chi connectivity index (χ2v) is 6.08. The fraction of sp³-hybridized carbons (Fsp3) is 0.250. The molecule has 0 radical (unpaired) electrons. The molecule has 0 unspecified atom stereocenters. The monoisotopic (exact) mass is 413 g/mol. The molecule has 0 aromatic heterocycles. The van der Waals surface area contributed by atoms with E-state index in [0.29, 0.717) is 34.3 Å². The topological polar surface area (TPSA) is 30.5 Å². The molecule has 136 valence electrons. The van der Waals surface area contributed by atoms with Crippen LogP contribution in [-0.2, 0) is 0 Å². The summed E-state index contributed by atoms with van der Waals surface area (Å²) in [6.07, 6.45) is -5.01. The van der Waals surface area contributed by atoms with E-state index in [4.69, 9.17) is 27.9 Å². The second kappa shape index (κ2) is 7.91. The van der Waals surface area contributed by atoms with Gasteiger partial charge in [0.25, 0.3) is 0 Å². The van der Waals surface area contributed by atoms with Crippen molar-refractivity contribution in [2.45, 2.75) is 12.5 Å². The number of alkyl halides is 3. The standard InChI is InChI=1S/C16H12Cl2F3NO2.ClH/c17-10-2-3-13(18)12(6-10)9-1-4-14(23-11-7-22-8-11)15(5-9)24-16(19,20)21;/h1-6,11,22H,7-8H2;1H. The Bertz CT molecular complexity index is 752. The van der Waals surface area contributed by atoms with Crippen molar-refractivity contribution in [1.29, 1.82) is 0 Å². The summed E-state index contributed by atoms with van der Waals surface area (Å²) in [7, 11) is 0. The Morgan fingerprint density at radius 1 is 1.00 bits per heavy atom. The van der Waals surface area contributed by atoms with Crippen LogP contribution in [0.1, 0.15) is 0 Å². The first kappa shape index (κ1) is 20.0. The molecule has 0 amide bonds. The highest BCUT2D eigenvalue weighted by Crippen LogP contribution is 2.39. The van der Waals surface area contributed by atoms with Gasteiger partial charge >= 0.3 is 6.36 Å². The van der Waals surface area contributed by atoms with E-state index in [2.05, 4.69) is 10.1 Å². The molecule has 1 heterocycles. The van der Waals surface area contributed by atoms with E-state index in [1.165, 1.54) is 12.1 Å². The predicted octanol–water partition coefficient (Wildman–Crippen LogP) is 5.33. The third-order valence-corrected chi connectivity index (χ3v) is 4.01. The molecule has 0 saturated carbocycles. The molecule has 3 rings (SSSR count). The summed E-state index contributed by atoms with van der Waals surface area (Å²) in [5.41, 5.74) is 0.953. The lowest BCUT2D eigenvalue weighted by molar-refractivity contribution is -0.275. The number of halogens is 6. The molecular formula is C16H13Cl3F3NO2.